The van der Waals surface area contributed by atoms with E-state index in [0.29, 0.717) is 6.04 Å². The zero-order valence-corrected chi connectivity index (χ0v) is 12.0. The van der Waals surface area contributed by atoms with Gasteiger partial charge in [0.15, 0.2) is 0 Å². The summed E-state index contributed by atoms with van der Waals surface area (Å²) in [5.41, 5.74) is 1.35. The second kappa shape index (κ2) is 6.02. The summed E-state index contributed by atoms with van der Waals surface area (Å²) in [7, 11) is 0. The first-order valence-electron chi connectivity index (χ1n) is 7.72. The number of rotatable bonds is 3. The van der Waals surface area contributed by atoms with Gasteiger partial charge in [0.1, 0.15) is 0 Å². The molecule has 0 spiro atoms. The Morgan fingerprint density at radius 1 is 1.16 bits per heavy atom. The van der Waals surface area contributed by atoms with Crippen molar-refractivity contribution >= 4 is 0 Å². The normalized spacial score (nSPS) is 24.7. The Bertz CT molecular complexity index is 378. The molecule has 3 rings (SSSR count). The summed E-state index contributed by atoms with van der Waals surface area (Å²) >= 11 is 0. The topological polar surface area (TPSA) is 19.4 Å². The Morgan fingerprint density at radius 2 is 1.89 bits per heavy atom. The summed E-state index contributed by atoms with van der Waals surface area (Å²) in [6.45, 7) is 7.45. The highest BCUT2D eigenvalue weighted by atomic mass is 15.2. The Hall–Kier alpha value is -0.930. The van der Waals surface area contributed by atoms with Crippen molar-refractivity contribution in [2.75, 3.05) is 26.2 Å². The van der Waals surface area contributed by atoms with Crippen molar-refractivity contribution in [1.29, 1.82) is 0 Å². The van der Waals surface area contributed by atoms with Crippen LogP contribution in [0.25, 0.3) is 0 Å². The van der Waals surface area contributed by atoms with E-state index in [4.69, 9.17) is 0 Å². The average Bonchev–Trinajstić information content (AvgIpc) is 3.02. The quantitative estimate of drug-likeness (QED) is 0.832. The number of pyridine rings is 1. The van der Waals surface area contributed by atoms with Crippen LogP contribution < -0.4 is 0 Å². The lowest BCUT2D eigenvalue weighted by molar-refractivity contribution is 0.101. The molecule has 2 saturated heterocycles. The molecular weight excluding hydrogens is 234 g/mol. The molecule has 1 aromatic rings. The number of aromatic nitrogens is 1. The highest BCUT2D eigenvalue weighted by molar-refractivity contribution is 5.13. The van der Waals surface area contributed by atoms with Crippen LogP contribution in [-0.2, 0) is 0 Å². The fourth-order valence-electron chi connectivity index (χ4n) is 3.58. The second-order valence-electron chi connectivity index (χ2n) is 5.97. The van der Waals surface area contributed by atoms with Crippen molar-refractivity contribution in [3.8, 4) is 0 Å². The molecule has 19 heavy (non-hydrogen) atoms. The maximum absolute atomic E-state index is 4.24. The first-order valence-corrected chi connectivity index (χ1v) is 7.72. The van der Waals surface area contributed by atoms with Crippen molar-refractivity contribution in [3.05, 3.63) is 30.1 Å². The maximum Gasteiger partial charge on any atom is 0.0335 e. The van der Waals surface area contributed by atoms with Crippen molar-refractivity contribution < 1.29 is 0 Å². The van der Waals surface area contributed by atoms with Gasteiger partial charge in [0.05, 0.1) is 0 Å². The molecule has 104 valence electrons. The Kier molecular flexibility index (Phi) is 4.14. The summed E-state index contributed by atoms with van der Waals surface area (Å²) in [5.74, 6) is 0. The number of hydrogen-bond donors (Lipinski definition) is 0. The molecular formula is C16H25N3. The fraction of sp³-hybridized carbons (Fsp3) is 0.688. The minimum absolute atomic E-state index is 0.508. The van der Waals surface area contributed by atoms with Gasteiger partial charge >= 0.3 is 0 Å². The van der Waals surface area contributed by atoms with Gasteiger partial charge in [-0.2, -0.15) is 0 Å². The SMILES string of the molecule is C[C@@H](c1cccnc1)N1CCC(N2CCCC2)CC1. The molecule has 0 amide bonds. The van der Waals surface area contributed by atoms with Crippen LogP contribution in [0.4, 0.5) is 0 Å². The fourth-order valence-corrected chi connectivity index (χ4v) is 3.58. The van der Waals surface area contributed by atoms with E-state index >= 15 is 0 Å². The largest absolute Gasteiger partial charge is 0.300 e. The van der Waals surface area contributed by atoms with Crippen molar-refractivity contribution in [2.45, 2.75) is 44.7 Å². The van der Waals surface area contributed by atoms with E-state index in [1.54, 1.807) is 0 Å². The van der Waals surface area contributed by atoms with Gasteiger partial charge in [-0.1, -0.05) is 6.07 Å². The van der Waals surface area contributed by atoms with E-state index in [1.165, 1.54) is 57.4 Å². The molecule has 1 aromatic heterocycles. The van der Waals surface area contributed by atoms with E-state index in [0.717, 1.165) is 6.04 Å². The highest BCUT2D eigenvalue weighted by Crippen LogP contribution is 2.26. The number of nitrogens with zero attached hydrogens (tertiary/aromatic N) is 3. The minimum atomic E-state index is 0.508. The summed E-state index contributed by atoms with van der Waals surface area (Å²) < 4.78 is 0. The van der Waals surface area contributed by atoms with Gasteiger partial charge in [0.25, 0.3) is 0 Å². The van der Waals surface area contributed by atoms with Gasteiger partial charge < -0.3 is 4.90 Å². The van der Waals surface area contributed by atoms with Crippen molar-refractivity contribution in [1.82, 2.24) is 14.8 Å². The zero-order chi connectivity index (χ0) is 13.1. The monoisotopic (exact) mass is 259 g/mol. The van der Waals surface area contributed by atoms with Gasteiger partial charge in [0.2, 0.25) is 0 Å². The van der Waals surface area contributed by atoms with Crippen LogP contribution in [0.3, 0.4) is 0 Å². The van der Waals surface area contributed by atoms with Crippen LogP contribution in [0.1, 0.15) is 44.2 Å². The molecule has 3 nitrogen and oxygen atoms in total. The molecule has 2 aliphatic rings. The third kappa shape index (κ3) is 2.98. The smallest absolute Gasteiger partial charge is 0.0335 e. The molecule has 0 bridgehead atoms. The zero-order valence-electron chi connectivity index (χ0n) is 12.0. The number of hydrogen-bond acceptors (Lipinski definition) is 3. The van der Waals surface area contributed by atoms with Crippen LogP contribution in [0.5, 0.6) is 0 Å². The molecule has 3 heterocycles. The highest BCUT2D eigenvalue weighted by Gasteiger charge is 2.28. The molecule has 0 N–H and O–H groups in total. The standard InChI is InChI=1S/C16H25N3/c1-14(15-5-4-8-17-13-15)18-11-6-16(7-12-18)19-9-2-3-10-19/h4-5,8,13-14,16H,2-3,6-7,9-12H2,1H3/t14-/m0/s1. The van der Waals surface area contributed by atoms with Crippen LogP contribution in [-0.4, -0.2) is 47.0 Å². The Balaban J connectivity index is 1.55. The molecule has 0 saturated carbocycles. The Morgan fingerprint density at radius 3 is 2.53 bits per heavy atom. The van der Waals surface area contributed by atoms with E-state index in [-0.39, 0.29) is 0 Å². The van der Waals surface area contributed by atoms with Gasteiger partial charge in [-0.3, -0.25) is 9.88 Å². The number of piperidine rings is 1. The van der Waals surface area contributed by atoms with E-state index in [9.17, 15) is 0 Å². The summed E-state index contributed by atoms with van der Waals surface area (Å²) in [4.78, 5) is 9.57. The lowest BCUT2D eigenvalue weighted by Crippen LogP contribution is -2.44. The van der Waals surface area contributed by atoms with Gasteiger partial charge in [-0.25, -0.2) is 0 Å². The summed E-state index contributed by atoms with van der Waals surface area (Å²) in [6.07, 6.45) is 9.36. The van der Waals surface area contributed by atoms with Gasteiger partial charge in [-0.05, 0) is 57.3 Å². The summed E-state index contributed by atoms with van der Waals surface area (Å²) in [5, 5.41) is 0. The van der Waals surface area contributed by atoms with Gasteiger partial charge in [0, 0.05) is 37.6 Å². The van der Waals surface area contributed by atoms with Crippen LogP contribution >= 0.6 is 0 Å². The first kappa shape index (κ1) is 13.1. The molecule has 2 aliphatic heterocycles. The van der Waals surface area contributed by atoms with Crippen molar-refractivity contribution in [3.63, 3.8) is 0 Å². The molecule has 0 radical (unpaired) electrons. The lowest BCUT2D eigenvalue weighted by Gasteiger charge is -2.39. The molecule has 0 unspecified atom stereocenters. The second-order valence-corrected chi connectivity index (χ2v) is 5.97. The molecule has 0 aliphatic carbocycles. The van der Waals surface area contributed by atoms with Gasteiger partial charge in [-0.15, -0.1) is 0 Å². The van der Waals surface area contributed by atoms with E-state index in [2.05, 4.69) is 27.8 Å². The molecule has 0 aromatic carbocycles. The Labute approximate surface area is 116 Å². The molecule has 2 fully saturated rings. The molecule has 1 atom stereocenters. The number of likely N-dealkylation sites (tertiary alicyclic amines) is 2. The minimum Gasteiger partial charge on any atom is -0.300 e. The predicted molar refractivity (Wildman–Crippen MR) is 78.1 cm³/mol. The maximum atomic E-state index is 4.24. The first-order chi connectivity index (χ1) is 9.34. The third-order valence-electron chi connectivity index (χ3n) is 4.87. The van der Waals surface area contributed by atoms with Crippen LogP contribution in [0, 0.1) is 0 Å². The van der Waals surface area contributed by atoms with E-state index < -0.39 is 0 Å². The van der Waals surface area contributed by atoms with Crippen LogP contribution in [0.2, 0.25) is 0 Å². The molecule has 3 heteroatoms. The average molecular weight is 259 g/mol. The van der Waals surface area contributed by atoms with E-state index in [1.807, 2.05) is 18.5 Å². The third-order valence-corrected chi connectivity index (χ3v) is 4.87. The lowest BCUT2D eigenvalue weighted by atomic mass is 10.00. The predicted octanol–water partition coefficient (Wildman–Crippen LogP) is 2.70. The summed E-state index contributed by atoms with van der Waals surface area (Å²) in [6, 6.07) is 5.60. The van der Waals surface area contributed by atoms with Crippen molar-refractivity contribution in [2.24, 2.45) is 0 Å². The van der Waals surface area contributed by atoms with Crippen LogP contribution in [0.15, 0.2) is 24.5 Å².